The number of carbonyl (C=O) groups is 2. The highest BCUT2D eigenvalue weighted by Crippen LogP contribution is 2.33. The molecule has 8 nitrogen and oxygen atoms in total. The average molecular weight is 509 g/mol. The average Bonchev–Trinajstić information content (AvgIpc) is 3.43. The molecule has 0 saturated carbocycles. The summed E-state index contributed by atoms with van der Waals surface area (Å²) in [5, 5.41) is 0. The number of para-hydroxylation sites is 1. The molecule has 0 radical (unpaired) electrons. The van der Waals surface area contributed by atoms with Gasteiger partial charge in [0.25, 0.3) is 11.8 Å². The van der Waals surface area contributed by atoms with Crippen molar-refractivity contribution in [1.29, 1.82) is 0 Å². The number of fused-ring (bicyclic) bond motifs is 1. The minimum absolute atomic E-state index is 0.0132. The maximum atomic E-state index is 14.0. The van der Waals surface area contributed by atoms with Gasteiger partial charge in [0.05, 0.1) is 12.3 Å². The van der Waals surface area contributed by atoms with Gasteiger partial charge in [-0.3, -0.25) is 9.59 Å². The molecule has 0 aromatic heterocycles. The highest BCUT2D eigenvalue weighted by atomic mass is 16.5. The first-order valence-electron chi connectivity index (χ1n) is 13.4. The smallest absolute Gasteiger partial charge is 0.254 e. The zero-order chi connectivity index (χ0) is 26.2. The van der Waals surface area contributed by atoms with E-state index < -0.39 is 0 Å². The molecule has 2 aliphatic heterocycles. The van der Waals surface area contributed by atoms with Gasteiger partial charge in [-0.05, 0) is 69.6 Å². The van der Waals surface area contributed by atoms with Crippen LogP contribution < -0.4 is 14.5 Å². The van der Waals surface area contributed by atoms with Crippen molar-refractivity contribution in [3.8, 4) is 5.75 Å². The Hall–Kier alpha value is -3.10. The van der Waals surface area contributed by atoms with Crippen LogP contribution in [-0.4, -0.2) is 88.3 Å². The number of ether oxygens (including phenoxy) is 2. The first kappa shape index (κ1) is 26.9. The predicted molar refractivity (Wildman–Crippen MR) is 147 cm³/mol. The maximum absolute atomic E-state index is 14.0. The number of hydrogen-bond acceptors (Lipinski definition) is 6. The second-order valence-electron chi connectivity index (χ2n) is 9.80. The van der Waals surface area contributed by atoms with Gasteiger partial charge >= 0.3 is 0 Å². The van der Waals surface area contributed by atoms with Gasteiger partial charge in [-0.1, -0.05) is 18.2 Å². The lowest BCUT2D eigenvalue weighted by Gasteiger charge is -2.28. The van der Waals surface area contributed by atoms with Gasteiger partial charge in [-0.2, -0.15) is 0 Å². The summed E-state index contributed by atoms with van der Waals surface area (Å²) in [6.45, 7) is 7.77. The Labute approximate surface area is 220 Å². The quantitative estimate of drug-likeness (QED) is 0.594. The first-order chi connectivity index (χ1) is 18.0. The van der Waals surface area contributed by atoms with Crippen LogP contribution in [0.2, 0.25) is 0 Å². The Balaban J connectivity index is 1.67. The number of benzene rings is 2. The molecule has 0 spiro atoms. The normalized spacial score (nSPS) is 17.3. The van der Waals surface area contributed by atoms with Crippen LogP contribution in [0.1, 0.15) is 42.1 Å². The van der Waals surface area contributed by atoms with Crippen LogP contribution in [0.15, 0.2) is 42.5 Å². The molecule has 0 aliphatic carbocycles. The molecule has 4 rings (SSSR count). The van der Waals surface area contributed by atoms with Crippen molar-refractivity contribution in [2.75, 3.05) is 76.4 Å². The van der Waals surface area contributed by atoms with E-state index >= 15 is 0 Å². The zero-order valence-electron chi connectivity index (χ0n) is 22.4. The van der Waals surface area contributed by atoms with Gasteiger partial charge in [-0.15, -0.1) is 0 Å². The lowest BCUT2D eigenvalue weighted by atomic mass is 10.1. The van der Waals surface area contributed by atoms with Gasteiger partial charge < -0.3 is 29.1 Å². The second kappa shape index (κ2) is 12.9. The minimum atomic E-state index is -0.0727. The van der Waals surface area contributed by atoms with Crippen LogP contribution in [0, 0.1) is 0 Å². The minimum Gasteiger partial charge on any atom is -0.492 e. The number of nitrogens with zero attached hydrogens (tertiary/aromatic N) is 4. The number of carbonyl (C=O) groups excluding carboxylic acids is 2. The highest BCUT2D eigenvalue weighted by molar-refractivity contribution is 5.97. The van der Waals surface area contributed by atoms with Crippen molar-refractivity contribution in [2.24, 2.45) is 0 Å². The summed E-state index contributed by atoms with van der Waals surface area (Å²) in [5.74, 6) is 0.743. The van der Waals surface area contributed by atoms with Crippen molar-refractivity contribution in [1.82, 2.24) is 9.80 Å². The van der Waals surface area contributed by atoms with Crippen LogP contribution in [0.3, 0.4) is 0 Å². The summed E-state index contributed by atoms with van der Waals surface area (Å²) in [5.41, 5.74) is 3.46. The van der Waals surface area contributed by atoms with Crippen LogP contribution in [0.4, 0.5) is 11.4 Å². The van der Waals surface area contributed by atoms with Crippen LogP contribution in [0.25, 0.3) is 0 Å². The van der Waals surface area contributed by atoms with Crippen molar-refractivity contribution < 1.29 is 19.1 Å². The molecule has 8 heteroatoms. The molecular formula is C29H40N4O4. The van der Waals surface area contributed by atoms with E-state index in [1.165, 1.54) is 7.11 Å². The summed E-state index contributed by atoms with van der Waals surface area (Å²) in [4.78, 5) is 35.2. The number of likely N-dealkylation sites (N-methyl/N-ethyl adjacent to an activating group) is 1. The van der Waals surface area contributed by atoms with E-state index in [-0.39, 0.29) is 18.4 Å². The van der Waals surface area contributed by atoms with E-state index in [0.717, 1.165) is 68.1 Å². The summed E-state index contributed by atoms with van der Waals surface area (Å²) in [7, 11) is 3.61. The SMILES string of the molecule is CCOc1ccc(C(=O)N2CCN(C)CCCN(C(=O)COC)c3ccccc3C2)cc1N1CCCC1. The van der Waals surface area contributed by atoms with E-state index in [2.05, 4.69) is 16.8 Å². The Morgan fingerprint density at radius 1 is 0.892 bits per heavy atom. The summed E-state index contributed by atoms with van der Waals surface area (Å²) in [6, 6.07) is 13.7. The van der Waals surface area contributed by atoms with E-state index in [1.807, 2.05) is 59.2 Å². The lowest BCUT2D eigenvalue weighted by molar-refractivity contribution is -0.122. The fourth-order valence-corrected chi connectivity index (χ4v) is 5.16. The van der Waals surface area contributed by atoms with Crippen molar-refractivity contribution >= 4 is 23.2 Å². The standard InChI is InChI=1S/C29H40N4O4/c1-4-37-27-13-12-23(20-26(27)31-15-7-8-16-31)29(35)32-19-18-30(2)14-9-17-33(28(34)22-36-3)25-11-6-5-10-24(25)21-32/h5-6,10-13,20H,4,7-9,14-19,21-22H2,1-3H3. The number of amides is 2. The Bertz CT molecular complexity index is 1070. The topological polar surface area (TPSA) is 65.6 Å². The van der Waals surface area contributed by atoms with Crippen molar-refractivity contribution in [2.45, 2.75) is 32.7 Å². The fraction of sp³-hybridized carbons (Fsp3) is 0.517. The lowest BCUT2D eigenvalue weighted by Crippen LogP contribution is -2.37. The largest absolute Gasteiger partial charge is 0.492 e. The third-order valence-corrected chi connectivity index (χ3v) is 7.13. The molecule has 0 unspecified atom stereocenters. The van der Waals surface area contributed by atoms with E-state index in [9.17, 15) is 9.59 Å². The number of rotatable bonds is 6. The molecule has 2 aliphatic rings. The van der Waals surface area contributed by atoms with Crippen LogP contribution in [0.5, 0.6) is 5.75 Å². The molecule has 0 atom stereocenters. The Morgan fingerprint density at radius 3 is 2.43 bits per heavy atom. The number of hydrogen-bond donors (Lipinski definition) is 0. The summed E-state index contributed by atoms with van der Waals surface area (Å²) < 4.78 is 11.1. The van der Waals surface area contributed by atoms with Crippen LogP contribution in [-0.2, 0) is 16.1 Å². The van der Waals surface area contributed by atoms with Gasteiger partial charge in [0.1, 0.15) is 12.4 Å². The molecular weight excluding hydrogens is 468 g/mol. The van der Waals surface area contributed by atoms with Gasteiger partial charge in [0.2, 0.25) is 0 Å². The van der Waals surface area contributed by atoms with Gasteiger partial charge in [0.15, 0.2) is 0 Å². The highest BCUT2D eigenvalue weighted by Gasteiger charge is 2.25. The molecule has 1 fully saturated rings. The zero-order valence-corrected chi connectivity index (χ0v) is 22.4. The molecule has 2 aromatic carbocycles. The van der Waals surface area contributed by atoms with E-state index in [0.29, 0.717) is 31.8 Å². The first-order valence-corrected chi connectivity index (χ1v) is 13.4. The maximum Gasteiger partial charge on any atom is 0.254 e. The molecule has 200 valence electrons. The molecule has 2 amide bonds. The van der Waals surface area contributed by atoms with Crippen molar-refractivity contribution in [3.63, 3.8) is 0 Å². The van der Waals surface area contributed by atoms with Gasteiger partial charge in [0, 0.05) is 57.6 Å². The third kappa shape index (κ3) is 6.62. The molecule has 37 heavy (non-hydrogen) atoms. The Morgan fingerprint density at radius 2 is 1.68 bits per heavy atom. The molecule has 0 N–H and O–H groups in total. The molecule has 0 bridgehead atoms. The van der Waals surface area contributed by atoms with Gasteiger partial charge in [-0.25, -0.2) is 0 Å². The second-order valence-corrected chi connectivity index (χ2v) is 9.80. The van der Waals surface area contributed by atoms with Crippen molar-refractivity contribution in [3.05, 3.63) is 53.6 Å². The number of anilines is 2. The Kier molecular flexibility index (Phi) is 9.41. The molecule has 2 heterocycles. The van der Waals surface area contributed by atoms with E-state index in [1.54, 1.807) is 0 Å². The summed E-state index contributed by atoms with van der Waals surface area (Å²) in [6.07, 6.45) is 3.14. The molecule has 1 saturated heterocycles. The number of methoxy groups -OCH3 is 1. The van der Waals surface area contributed by atoms with Crippen LogP contribution >= 0.6 is 0 Å². The fourth-order valence-electron chi connectivity index (χ4n) is 5.16. The predicted octanol–water partition coefficient (Wildman–Crippen LogP) is 3.64. The monoisotopic (exact) mass is 508 g/mol. The summed E-state index contributed by atoms with van der Waals surface area (Å²) >= 11 is 0. The third-order valence-electron chi connectivity index (χ3n) is 7.13. The molecule has 2 aromatic rings. The van der Waals surface area contributed by atoms with E-state index in [4.69, 9.17) is 9.47 Å².